The molecule has 2 heterocycles. The third-order valence-electron chi connectivity index (χ3n) is 3.71. The van der Waals surface area contributed by atoms with Gasteiger partial charge in [0.05, 0.1) is 5.88 Å². The van der Waals surface area contributed by atoms with Gasteiger partial charge in [0.15, 0.2) is 0 Å². The zero-order chi connectivity index (χ0) is 13.8. The largest absolute Gasteiger partial charge is 0.480 e. The lowest BCUT2D eigenvalue weighted by Gasteiger charge is -2.33. The van der Waals surface area contributed by atoms with Crippen molar-refractivity contribution >= 4 is 23.8 Å². The SMILES string of the molecule is CCN1CCCC(NC(=O)N2CSCC2C(=O)O)C1. The van der Waals surface area contributed by atoms with Crippen molar-refractivity contribution in [2.45, 2.75) is 31.8 Å². The van der Waals surface area contributed by atoms with Crippen molar-refractivity contribution in [3.8, 4) is 0 Å². The summed E-state index contributed by atoms with van der Waals surface area (Å²) in [7, 11) is 0. The van der Waals surface area contributed by atoms with E-state index in [0.717, 1.165) is 32.5 Å². The third-order valence-corrected chi connectivity index (χ3v) is 4.72. The van der Waals surface area contributed by atoms with Gasteiger partial charge in [-0.2, -0.15) is 0 Å². The fourth-order valence-corrected chi connectivity index (χ4v) is 3.71. The van der Waals surface area contributed by atoms with Crippen molar-refractivity contribution in [1.82, 2.24) is 15.1 Å². The second kappa shape index (κ2) is 6.47. The summed E-state index contributed by atoms with van der Waals surface area (Å²) in [6.07, 6.45) is 2.05. The summed E-state index contributed by atoms with van der Waals surface area (Å²) in [5, 5.41) is 12.1. The molecule has 2 aliphatic heterocycles. The summed E-state index contributed by atoms with van der Waals surface area (Å²) >= 11 is 1.49. The number of thioether (sulfide) groups is 1. The standard InChI is InChI=1S/C12H21N3O3S/c1-2-14-5-3-4-9(6-14)13-12(18)15-8-19-7-10(15)11(16)17/h9-10H,2-8H2,1H3,(H,13,18)(H,16,17). The van der Waals surface area contributed by atoms with E-state index in [2.05, 4.69) is 17.1 Å². The van der Waals surface area contributed by atoms with Crippen LogP contribution in [0.15, 0.2) is 0 Å². The minimum absolute atomic E-state index is 0.140. The van der Waals surface area contributed by atoms with Crippen LogP contribution in [0.2, 0.25) is 0 Å². The van der Waals surface area contributed by atoms with Gasteiger partial charge in [0, 0.05) is 18.3 Å². The molecular formula is C12H21N3O3S. The molecule has 0 aromatic carbocycles. The van der Waals surface area contributed by atoms with Crippen LogP contribution < -0.4 is 5.32 Å². The van der Waals surface area contributed by atoms with Crippen LogP contribution in [0.25, 0.3) is 0 Å². The third kappa shape index (κ3) is 3.54. The number of piperidine rings is 1. The Labute approximate surface area is 117 Å². The first-order chi connectivity index (χ1) is 9.11. The van der Waals surface area contributed by atoms with Crippen LogP contribution in [0.3, 0.4) is 0 Å². The highest BCUT2D eigenvalue weighted by Crippen LogP contribution is 2.21. The summed E-state index contributed by atoms with van der Waals surface area (Å²) in [4.78, 5) is 26.9. The number of hydrogen-bond acceptors (Lipinski definition) is 4. The van der Waals surface area contributed by atoms with Crippen LogP contribution in [0.5, 0.6) is 0 Å². The first-order valence-electron chi connectivity index (χ1n) is 6.72. The van der Waals surface area contributed by atoms with Gasteiger partial charge in [0.1, 0.15) is 6.04 Å². The summed E-state index contributed by atoms with van der Waals surface area (Å²) in [5.74, 6) is 0.0283. The van der Waals surface area contributed by atoms with Gasteiger partial charge in [-0.3, -0.25) is 0 Å². The van der Waals surface area contributed by atoms with E-state index in [1.807, 2.05) is 0 Å². The quantitative estimate of drug-likeness (QED) is 0.797. The van der Waals surface area contributed by atoms with Crippen molar-refractivity contribution in [1.29, 1.82) is 0 Å². The van der Waals surface area contributed by atoms with Gasteiger partial charge in [0.2, 0.25) is 0 Å². The summed E-state index contributed by atoms with van der Waals surface area (Å²) in [5.41, 5.74) is 0. The number of hydrogen-bond donors (Lipinski definition) is 2. The predicted octanol–water partition coefficient (Wildman–Crippen LogP) is 0.640. The van der Waals surface area contributed by atoms with Gasteiger partial charge < -0.3 is 20.2 Å². The minimum atomic E-state index is -0.918. The molecule has 6 nitrogen and oxygen atoms in total. The molecule has 0 spiro atoms. The molecule has 2 saturated heterocycles. The Morgan fingerprint density at radius 3 is 2.95 bits per heavy atom. The summed E-state index contributed by atoms with van der Waals surface area (Å²) in [6.45, 7) is 5.05. The van der Waals surface area contributed by atoms with E-state index in [1.165, 1.54) is 16.7 Å². The van der Waals surface area contributed by atoms with Crippen molar-refractivity contribution in [2.75, 3.05) is 31.3 Å². The van der Waals surface area contributed by atoms with Crippen molar-refractivity contribution in [3.05, 3.63) is 0 Å². The number of urea groups is 1. The van der Waals surface area contributed by atoms with Crippen LogP contribution in [-0.4, -0.2) is 70.3 Å². The number of nitrogens with zero attached hydrogens (tertiary/aromatic N) is 2. The number of nitrogens with one attached hydrogen (secondary N) is 1. The first kappa shape index (κ1) is 14.5. The number of carbonyl (C=O) groups is 2. The Hall–Kier alpha value is -0.950. The minimum Gasteiger partial charge on any atom is -0.480 e. The number of rotatable bonds is 3. The maximum Gasteiger partial charge on any atom is 0.327 e. The molecule has 0 aromatic heterocycles. The number of likely N-dealkylation sites (N-methyl/N-ethyl adjacent to an activating group) is 1. The Balaban J connectivity index is 1.88. The lowest BCUT2D eigenvalue weighted by molar-refractivity contribution is -0.140. The number of carboxylic acids is 1. The van der Waals surface area contributed by atoms with Crippen LogP contribution >= 0.6 is 11.8 Å². The van der Waals surface area contributed by atoms with Crippen molar-refractivity contribution in [2.24, 2.45) is 0 Å². The second-order valence-electron chi connectivity index (χ2n) is 5.01. The summed E-state index contributed by atoms with van der Waals surface area (Å²) in [6, 6.07) is -0.780. The normalized spacial score (nSPS) is 28.4. The van der Waals surface area contributed by atoms with E-state index in [1.54, 1.807) is 0 Å². The second-order valence-corrected chi connectivity index (χ2v) is 6.01. The Morgan fingerprint density at radius 2 is 2.26 bits per heavy atom. The van der Waals surface area contributed by atoms with E-state index in [4.69, 9.17) is 5.11 Å². The molecule has 0 bridgehead atoms. The van der Waals surface area contributed by atoms with Gasteiger partial charge in [-0.25, -0.2) is 9.59 Å². The molecular weight excluding hydrogens is 266 g/mol. The molecule has 2 atom stereocenters. The molecule has 0 aromatic rings. The molecule has 2 aliphatic rings. The van der Waals surface area contributed by atoms with Crippen molar-refractivity contribution < 1.29 is 14.7 Å². The topological polar surface area (TPSA) is 72.9 Å². The molecule has 0 radical (unpaired) electrons. The molecule has 2 N–H and O–H groups in total. The van der Waals surface area contributed by atoms with Crippen LogP contribution in [0, 0.1) is 0 Å². The molecule has 19 heavy (non-hydrogen) atoms. The van der Waals surface area contributed by atoms with Gasteiger partial charge in [0.25, 0.3) is 0 Å². The smallest absolute Gasteiger partial charge is 0.327 e. The van der Waals surface area contributed by atoms with Crippen LogP contribution in [0.1, 0.15) is 19.8 Å². The van der Waals surface area contributed by atoms with E-state index in [0.29, 0.717) is 11.6 Å². The summed E-state index contributed by atoms with van der Waals surface area (Å²) < 4.78 is 0. The Morgan fingerprint density at radius 1 is 1.47 bits per heavy atom. The fraction of sp³-hybridized carbons (Fsp3) is 0.833. The van der Waals surface area contributed by atoms with Gasteiger partial charge in [-0.15, -0.1) is 11.8 Å². The molecule has 0 saturated carbocycles. The lowest BCUT2D eigenvalue weighted by Crippen LogP contribution is -2.53. The van der Waals surface area contributed by atoms with E-state index < -0.39 is 12.0 Å². The highest BCUT2D eigenvalue weighted by Gasteiger charge is 2.35. The molecule has 2 amide bonds. The molecule has 108 valence electrons. The molecule has 2 fully saturated rings. The number of likely N-dealkylation sites (tertiary alicyclic amines) is 1. The monoisotopic (exact) mass is 287 g/mol. The average Bonchev–Trinajstić information content (AvgIpc) is 2.88. The van der Waals surface area contributed by atoms with Gasteiger partial charge >= 0.3 is 12.0 Å². The maximum atomic E-state index is 12.1. The van der Waals surface area contributed by atoms with E-state index in [-0.39, 0.29) is 12.1 Å². The first-order valence-corrected chi connectivity index (χ1v) is 7.87. The molecule has 7 heteroatoms. The number of amides is 2. The molecule has 2 unspecified atom stereocenters. The van der Waals surface area contributed by atoms with Crippen LogP contribution in [-0.2, 0) is 4.79 Å². The molecule has 2 rings (SSSR count). The van der Waals surface area contributed by atoms with Crippen LogP contribution in [0.4, 0.5) is 4.79 Å². The Kier molecular flexibility index (Phi) is 4.93. The fourth-order valence-electron chi connectivity index (χ4n) is 2.57. The van der Waals surface area contributed by atoms with E-state index >= 15 is 0 Å². The lowest BCUT2D eigenvalue weighted by atomic mass is 10.1. The number of carboxylic acid groups (broad SMARTS) is 1. The zero-order valence-corrected chi connectivity index (χ0v) is 12.0. The van der Waals surface area contributed by atoms with Gasteiger partial charge in [-0.05, 0) is 25.9 Å². The number of carbonyl (C=O) groups excluding carboxylic acids is 1. The highest BCUT2D eigenvalue weighted by atomic mass is 32.2. The molecule has 0 aliphatic carbocycles. The number of aliphatic carboxylic acids is 1. The van der Waals surface area contributed by atoms with Crippen molar-refractivity contribution in [3.63, 3.8) is 0 Å². The zero-order valence-electron chi connectivity index (χ0n) is 11.2. The average molecular weight is 287 g/mol. The van der Waals surface area contributed by atoms with Gasteiger partial charge in [-0.1, -0.05) is 6.92 Å². The predicted molar refractivity (Wildman–Crippen MR) is 74.3 cm³/mol. The maximum absolute atomic E-state index is 12.1. The van der Waals surface area contributed by atoms with E-state index in [9.17, 15) is 9.59 Å². The Bertz CT molecular complexity index is 353. The highest BCUT2D eigenvalue weighted by molar-refractivity contribution is 7.99.